The van der Waals surface area contributed by atoms with Crippen molar-refractivity contribution in [3.63, 3.8) is 0 Å². The van der Waals surface area contributed by atoms with Gasteiger partial charge in [-0.05, 0) is 12.2 Å². The second-order valence-corrected chi connectivity index (χ2v) is 3.69. The number of hydrogen-bond acceptors (Lipinski definition) is 2. The van der Waals surface area contributed by atoms with E-state index in [1.165, 1.54) is 0 Å². The van der Waals surface area contributed by atoms with Crippen molar-refractivity contribution in [2.75, 3.05) is 5.75 Å². The number of hydrogen-bond donors (Lipinski definition) is 1. The van der Waals surface area contributed by atoms with Crippen LogP contribution in [-0.4, -0.2) is 22.1 Å². The van der Waals surface area contributed by atoms with E-state index in [-0.39, 0.29) is 5.92 Å². The number of aliphatic carboxylic acids is 1. The van der Waals surface area contributed by atoms with Crippen molar-refractivity contribution in [1.82, 2.24) is 0 Å². The molecule has 1 aliphatic rings. The molecule has 2 atom stereocenters. The Kier molecular flexibility index (Phi) is 2.01. The highest BCUT2D eigenvalue weighted by Crippen LogP contribution is 2.41. The van der Waals surface area contributed by atoms with Crippen LogP contribution in [0.2, 0.25) is 0 Å². The van der Waals surface area contributed by atoms with Crippen LogP contribution in [0, 0.1) is 5.92 Å². The first-order chi connectivity index (χ1) is 4.25. The van der Waals surface area contributed by atoms with Crippen molar-refractivity contribution < 1.29 is 9.90 Å². The Balaban J connectivity index is 2.17. The van der Waals surface area contributed by atoms with Crippen molar-refractivity contribution >= 4 is 17.7 Å². The van der Waals surface area contributed by atoms with Crippen LogP contribution in [0.15, 0.2) is 0 Å². The van der Waals surface area contributed by atoms with E-state index in [4.69, 9.17) is 5.11 Å². The van der Waals surface area contributed by atoms with Crippen LogP contribution in [0.3, 0.4) is 0 Å². The fourth-order valence-electron chi connectivity index (χ4n) is 0.830. The third-order valence-corrected chi connectivity index (χ3v) is 2.71. The molecule has 0 bridgehead atoms. The second-order valence-electron chi connectivity index (χ2n) is 2.17. The SMILES string of the molecule is CCSC1CC1C(=O)O. The highest BCUT2D eigenvalue weighted by Gasteiger charge is 2.42. The van der Waals surface area contributed by atoms with E-state index in [0.29, 0.717) is 5.25 Å². The van der Waals surface area contributed by atoms with Gasteiger partial charge in [-0.25, -0.2) is 0 Å². The molecular weight excluding hydrogens is 136 g/mol. The molecule has 0 aliphatic heterocycles. The molecule has 1 saturated carbocycles. The summed E-state index contributed by atoms with van der Waals surface area (Å²) in [6.07, 6.45) is 0.883. The Morgan fingerprint density at radius 1 is 1.89 bits per heavy atom. The number of carbonyl (C=O) groups is 1. The molecule has 0 aromatic heterocycles. The van der Waals surface area contributed by atoms with Crippen LogP contribution in [-0.2, 0) is 4.79 Å². The fraction of sp³-hybridized carbons (Fsp3) is 0.833. The molecular formula is C6H10O2S. The zero-order chi connectivity index (χ0) is 6.85. The molecule has 0 heterocycles. The Labute approximate surface area is 58.6 Å². The first-order valence-corrected chi connectivity index (χ1v) is 4.15. The van der Waals surface area contributed by atoms with Crippen molar-refractivity contribution in [3.05, 3.63) is 0 Å². The first-order valence-electron chi connectivity index (χ1n) is 3.10. The van der Waals surface area contributed by atoms with E-state index in [2.05, 4.69) is 6.92 Å². The molecule has 9 heavy (non-hydrogen) atoms. The minimum Gasteiger partial charge on any atom is -0.481 e. The van der Waals surface area contributed by atoms with E-state index >= 15 is 0 Å². The zero-order valence-electron chi connectivity index (χ0n) is 5.33. The van der Waals surface area contributed by atoms with Crippen LogP contribution in [0.5, 0.6) is 0 Å². The Bertz CT molecular complexity index is 124. The van der Waals surface area contributed by atoms with Gasteiger partial charge in [0.25, 0.3) is 0 Å². The fourth-order valence-corrected chi connectivity index (χ4v) is 1.95. The molecule has 0 aromatic rings. The van der Waals surface area contributed by atoms with Crippen molar-refractivity contribution in [3.8, 4) is 0 Å². The molecule has 0 saturated heterocycles. The minimum absolute atomic E-state index is 0.0325. The van der Waals surface area contributed by atoms with E-state index < -0.39 is 5.97 Å². The summed E-state index contributed by atoms with van der Waals surface area (Å²) in [5.74, 6) is 0.380. The van der Waals surface area contributed by atoms with Gasteiger partial charge in [0.15, 0.2) is 0 Å². The van der Waals surface area contributed by atoms with Gasteiger partial charge in [-0.1, -0.05) is 6.92 Å². The summed E-state index contributed by atoms with van der Waals surface area (Å²) in [4.78, 5) is 10.2. The minimum atomic E-state index is -0.624. The van der Waals surface area contributed by atoms with Gasteiger partial charge >= 0.3 is 5.97 Å². The van der Waals surface area contributed by atoms with E-state index in [1.807, 2.05) is 0 Å². The predicted octanol–water partition coefficient (Wildman–Crippen LogP) is 1.21. The molecule has 0 amide bonds. The van der Waals surface area contributed by atoms with Gasteiger partial charge in [0.05, 0.1) is 5.92 Å². The highest BCUT2D eigenvalue weighted by molar-refractivity contribution is 8.00. The smallest absolute Gasteiger partial charge is 0.307 e. The third kappa shape index (κ3) is 1.61. The largest absolute Gasteiger partial charge is 0.481 e. The molecule has 0 radical (unpaired) electrons. The summed E-state index contributed by atoms with van der Waals surface area (Å²) in [7, 11) is 0. The standard InChI is InChI=1S/C6H10O2S/c1-2-9-5-3-4(5)6(7)8/h4-5H,2-3H2,1H3,(H,7,8). The van der Waals surface area contributed by atoms with Gasteiger partial charge < -0.3 is 5.11 Å². The van der Waals surface area contributed by atoms with Gasteiger partial charge in [0.2, 0.25) is 0 Å². The summed E-state index contributed by atoms with van der Waals surface area (Å²) in [5, 5.41) is 8.86. The van der Waals surface area contributed by atoms with Crippen molar-refractivity contribution in [1.29, 1.82) is 0 Å². The predicted molar refractivity (Wildman–Crippen MR) is 37.7 cm³/mol. The van der Waals surface area contributed by atoms with Gasteiger partial charge in [-0.2, -0.15) is 11.8 Å². The van der Waals surface area contributed by atoms with Crippen LogP contribution < -0.4 is 0 Å². The van der Waals surface area contributed by atoms with Gasteiger partial charge in [0, 0.05) is 5.25 Å². The van der Waals surface area contributed by atoms with Crippen LogP contribution in [0.4, 0.5) is 0 Å². The molecule has 1 fully saturated rings. The quantitative estimate of drug-likeness (QED) is 0.650. The summed E-state index contributed by atoms with van der Waals surface area (Å²) >= 11 is 1.75. The normalized spacial score (nSPS) is 32.1. The molecule has 2 unspecified atom stereocenters. The monoisotopic (exact) mass is 146 g/mol. The number of thioether (sulfide) groups is 1. The van der Waals surface area contributed by atoms with Gasteiger partial charge in [-0.15, -0.1) is 0 Å². The Hall–Kier alpha value is -0.180. The van der Waals surface area contributed by atoms with Gasteiger partial charge in [-0.3, -0.25) is 4.79 Å². The van der Waals surface area contributed by atoms with Crippen molar-refractivity contribution in [2.45, 2.75) is 18.6 Å². The summed E-state index contributed by atoms with van der Waals surface area (Å²) in [6, 6.07) is 0. The van der Waals surface area contributed by atoms with E-state index in [1.54, 1.807) is 11.8 Å². The maximum Gasteiger partial charge on any atom is 0.307 e. The van der Waals surface area contributed by atoms with Crippen LogP contribution in [0.25, 0.3) is 0 Å². The lowest BCUT2D eigenvalue weighted by molar-refractivity contribution is -0.138. The molecule has 0 aromatic carbocycles. The maximum atomic E-state index is 10.2. The summed E-state index contributed by atoms with van der Waals surface area (Å²) in [6.45, 7) is 2.06. The Morgan fingerprint density at radius 3 is 2.89 bits per heavy atom. The maximum absolute atomic E-state index is 10.2. The molecule has 1 aliphatic carbocycles. The molecule has 3 heteroatoms. The molecule has 52 valence electrons. The van der Waals surface area contributed by atoms with E-state index in [9.17, 15) is 4.79 Å². The third-order valence-electron chi connectivity index (χ3n) is 1.43. The van der Waals surface area contributed by atoms with Crippen LogP contribution in [0.1, 0.15) is 13.3 Å². The topological polar surface area (TPSA) is 37.3 Å². The number of carboxylic acids is 1. The lowest BCUT2D eigenvalue weighted by Crippen LogP contribution is -1.99. The second kappa shape index (κ2) is 2.60. The number of rotatable bonds is 3. The molecule has 1 N–H and O–H groups in total. The summed E-state index contributed by atoms with van der Waals surface area (Å²) in [5.41, 5.74) is 0. The van der Waals surface area contributed by atoms with Crippen molar-refractivity contribution in [2.24, 2.45) is 5.92 Å². The highest BCUT2D eigenvalue weighted by atomic mass is 32.2. The lowest BCUT2D eigenvalue weighted by Gasteiger charge is -1.89. The number of carboxylic acid groups (broad SMARTS) is 1. The van der Waals surface area contributed by atoms with E-state index in [0.717, 1.165) is 12.2 Å². The lowest BCUT2D eigenvalue weighted by atomic mass is 10.4. The summed E-state index contributed by atoms with van der Waals surface area (Å²) < 4.78 is 0. The Morgan fingerprint density at radius 2 is 2.56 bits per heavy atom. The molecule has 1 rings (SSSR count). The first kappa shape index (κ1) is 6.93. The molecule has 2 nitrogen and oxygen atoms in total. The average Bonchev–Trinajstić information content (AvgIpc) is 2.47. The van der Waals surface area contributed by atoms with Gasteiger partial charge in [0.1, 0.15) is 0 Å². The molecule has 0 spiro atoms. The van der Waals surface area contributed by atoms with Crippen LogP contribution >= 0.6 is 11.8 Å². The average molecular weight is 146 g/mol. The zero-order valence-corrected chi connectivity index (χ0v) is 6.15.